The third-order valence-electron chi connectivity index (χ3n) is 6.02. The van der Waals surface area contributed by atoms with Crippen LogP contribution >= 0.6 is 0 Å². The van der Waals surface area contributed by atoms with Gasteiger partial charge in [-0.15, -0.1) is 0 Å². The zero-order valence-electron chi connectivity index (χ0n) is 20.3. The number of fused-ring (bicyclic) bond motifs is 2. The van der Waals surface area contributed by atoms with Crippen molar-refractivity contribution >= 4 is 40.5 Å². The zero-order valence-corrected chi connectivity index (χ0v) is 20.3. The van der Waals surface area contributed by atoms with Gasteiger partial charge in [-0.25, -0.2) is 14.6 Å². The zero-order chi connectivity index (χ0) is 25.8. The van der Waals surface area contributed by atoms with Crippen molar-refractivity contribution in [3.63, 3.8) is 0 Å². The molecule has 0 spiro atoms. The third-order valence-corrected chi connectivity index (χ3v) is 6.02. The molecule has 1 aromatic heterocycles. The van der Waals surface area contributed by atoms with Crippen LogP contribution in [-0.2, 0) is 16.0 Å². The number of rotatable bonds is 6. The van der Waals surface area contributed by atoms with Gasteiger partial charge in [0.25, 0.3) is 5.91 Å². The molecule has 3 aromatic rings. The molecule has 1 unspecified atom stereocenters. The fourth-order valence-corrected chi connectivity index (χ4v) is 4.35. The molecule has 0 saturated heterocycles. The summed E-state index contributed by atoms with van der Waals surface area (Å²) in [6.45, 7) is 1.38. The van der Waals surface area contributed by atoms with Gasteiger partial charge in [0.2, 0.25) is 0 Å². The van der Waals surface area contributed by atoms with Gasteiger partial charge in [-0.2, -0.15) is 0 Å². The number of pyridine rings is 1. The predicted octanol–water partition coefficient (Wildman–Crippen LogP) is 3.87. The number of nitrogens with one attached hydrogen (secondary N) is 1. The lowest BCUT2D eigenvalue weighted by atomic mass is 9.86. The van der Waals surface area contributed by atoms with Crippen molar-refractivity contribution in [1.82, 2.24) is 10.3 Å². The second-order valence-corrected chi connectivity index (χ2v) is 8.37. The Labute approximate surface area is 208 Å². The molecular formula is C27H27N3O6. The van der Waals surface area contributed by atoms with E-state index >= 15 is 0 Å². The average Bonchev–Trinajstić information content (AvgIpc) is 2.86. The van der Waals surface area contributed by atoms with E-state index in [0.717, 1.165) is 35.2 Å². The smallest absolute Gasteiger partial charge is 0.339 e. The summed E-state index contributed by atoms with van der Waals surface area (Å²) in [7, 11) is 3.17. The number of carbonyl (C=O) groups is 3. The van der Waals surface area contributed by atoms with Gasteiger partial charge in [0.15, 0.2) is 17.6 Å². The summed E-state index contributed by atoms with van der Waals surface area (Å²) in [4.78, 5) is 41.4. The Morgan fingerprint density at radius 2 is 1.81 bits per heavy atom. The minimum atomic E-state index is -1.21. The minimum absolute atomic E-state index is 0.368. The number of imide groups is 1. The van der Waals surface area contributed by atoms with Gasteiger partial charge in [-0.05, 0) is 67.2 Å². The van der Waals surface area contributed by atoms with E-state index in [1.165, 1.54) is 6.92 Å². The highest BCUT2D eigenvalue weighted by atomic mass is 16.5. The number of hydrogen-bond acceptors (Lipinski definition) is 7. The van der Waals surface area contributed by atoms with E-state index in [1.54, 1.807) is 20.3 Å². The quantitative estimate of drug-likeness (QED) is 0.503. The van der Waals surface area contributed by atoms with Crippen LogP contribution < -0.4 is 20.5 Å². The molecule has 9 nitrogen and oxygen atoms in total. The van der Waals surface area contributed by atoms with Crippen LogP contribution in [0.25, 0.3) is 22.6 Å². The monoisotopic (exact) mass is 489 g/mol. The van der Waals surface area contributed by atoms with E-state index in [9.17, 15) is 14.4 Å². The standard InChI is InChI=1S/C27H27N3O6/c1-15(25(31)30-27(28)33)36-26(32)23-18-8-4-5-10-20(18)29-24-17(7-6-9-19(23)24)13-16-11-12-21(34-2)22(14-16)35-3/h4-5,8,10-15H,6-7,9H2,1-3H3,(H3,28,30,31,33)/b17-13+. The molecule has 1 aliphatic carbocycles. The van der Waals surface area contributed by atoms with Crippen LogP contribution in [0.2, 0.25) is 0 Å². The van der Waals surface area contributed by atoms with Crippen molar-refractivity contribution in [2.45, 2.75) is 32.3 Å². The van der Waals surface area contributed by atoms with Crippen molar-refractivity contribution in [2.75, 3.05) is 14.2 Å². The fraction of sp³-hybridized carbons (Fsp3) is 0.259. The van der Waals surface area contributed by atoms with E-state index in [0.29, 0.717) is 34.4 Å². The molecule has 3 amide bonds. The molecule has 186 valence electrons. The summed E-state index contributed by atoms with van der Waals surface area (Å²) in [5, 5.41) is 2.57. The number of nitrogens with zero attached hydrogens (tertiary/aromatic N) is 1. The maximum Gasteiger partial charge on any atom is 0.339 e. The number of carbonyl (C=O) groups excluding carboxylic acids is 3. The molecule has 1 aliphatic rings. The lowest BCUT2D eigenvalue weighted by molar-refractivity contribution is -0.127. The molecular weight excluding hydrogens is 462 g/mol. The first kappa shape index (κ1) is 24.7. The Hall–Kier alpha value is -4.40. The van der Waals surface area contributed by atoms with E-state index in [2.05, 4.69) is 0 Å². The largest absolute Gasteiger partial charge is 0.493 e. The highest BCUT2D eigenvalue weighted by Gasteiger charge is 2.28. The lowest BCUT2D eigenvalue weighted by Gasteiger charge is -2.23. The molecule has 1 heterocycles. The van der Waals surface area contributed by atoms with E-state index in [1.807, 2.05) is 47.8 Å². The number of allylic oxidation sites excluding steroid dienone is 1. The molecule has 4 rings (SSSR count). The molecule has 2 aromatic carbocycles. The summed E-state index contributed by atoms with van der Waals surface area (Å²) < 4.78 is 16.2. The predicted molar refractivity (Wildman–Crippen MR) is 135 cm³/mol. The van der Waals surface area contributed by atoms with Crippen molar-refractivity contribution in [2.24, 2.45) is 5.73 Å². The maximum atomic E-state index is 13.4. The Balaban J connectivity index is 1.79. The Kier molecular flexibility index (Phi) is 7.19. The molecule has 0 aliphatic heterocycles. The minimum Gasteiger partial charge on any atom is -0.493 e. The van der Waals surface area contributed by atoms with Crippen molar-refractivity contribution in [1.29, 1.82) is 0 Å². The van der Waals surface area contributed by atoms with Gasteiger partial charge < -0.3 is 19.9 Å². The first-order valence-corrected chi connectivity index (χ1v) is 11.5. The normalized spacial score (nSPS) is 14.6. The molecule has 36 heavy (non-hydrogen) atoms. The van der Waals surface area contributed by atoms with Crippen LogP contribution in [0.3, 0.4) is 0 Å². The number of hydrogen-bond donors (Lipinski definition) is 2. The topological polar surface area (TPSA) is 130 Å². The molecule has 0 fully saturated rings. The summed E-state index contributed by atoms with van der Waals surface area (Å²) in [6.07, 6.45) is 3.03. The summed E-state index contributed by atoms with van der Waals surface area (Å²) in [5.74, 6) is -0.212. The highest BCUT2D eigenvalue weighted by molar-refractivity contribution is 6.07. The van der Waals surface area contributed by atoms with Crippen LogP contribution in [0.5, 0.6) is 11.5 Å². The number of methoxy groups -OCH3 is 2. The van der Waals surface area contributed by atoms with Crippen LogP contribution in [0.15, 0.2) is 42.5 Å². The van der Waals surface area contributed by atoms with Gasteiger partial charge in [0.05, 0.1) is 31.0 Å². The molecule has 9 heteroatoms. The maximum absolute atomic E-state index is 13.4. The number of urea groups is 1. The number of primary amides is 1. The van der Waals surface area contributed by atoms with E-state index in [4.69, 9.17) is 24.9 Å². The summed E-state index contributed by atoms with van der Waals surface area (Å²) in [6, 6.07) is 11.9. The van der Waals surface area contributed by atoms with Crippen LogP contribution in [0.1, 0.15) is 46.9 Å². The van der Waals surface area contributed by atoms with Crippen molar-refractivity contribution in [3.05, 3.63) is 64.8 Å². The number of benzene rings is 2. The molecule has 0 saturated carbocycles. The Morgan fingerprint density at radius 3 is 2.53 bits per heavy atom. The Morgan fingerprint density at radius 1 is 1.06 bits per heavy atom. The SMILES string of the molecule is COc1ccc(/C=C2\CCCc3c2nc2ccccc2c3C(=O)OC(C)C(=O)NC(N)=O)cc1OC. The summed E-state index contributed by atoms with van der Waals surface area (Å²) >= 11 is 0. The molecule has 0 radical (unpaired) electrons. The second kappa shape index (κ2) is 10.5. The number of esters is 1. The highest BCUT2D eigenvalue weighted by Crippen LogP contribution is 2.37. The Bertz CT molecular complexity index is 1380. The van der Waals surface area contributed by atoms with Gasteiger partial charge in [-0.1, -0.05) is 24.3 Å². The molecule has 1 atom stereocenters. The molecule has 0 bridgehead atoms. The number of aromatic nitrogens is 1. The third kappa shape index (κ3) is 5.00. The van der Waals surface area contributed by atoms with E-state index in [-0.39, 0.29) is 0 Å². The molecule has 3 N–H and O–H groups in total. The number of nitrogens with two attached hydrogens (primary N) is 1. The van der Waals surface area contributed by atoms with Crippen LogP contribution in [0, 0.1) is 0 Å². The van der Waals surface area contributed by atoms with Gasteiger partial charge in [0, 0.05) is 5.39 Å². The fourth-order valence-electron chi connectivity index (χ4n) is 4.35. The lowest BCUT2D eigenvalue weighted by Crippen LogP contribution is -2.42. The van der Waals surface area contributed by atoms with Crippen LogP contribution in [0.4, 0.5) is 4.79 Å². The average molecular weight is 490 g/mol. The summed E-state index contributed by atoms with van der Waals surface area (Å²) in [5.41, 5.74) is 9.38. The van der Waals surface area contributed by atoms with Gasteiger partial charge >= 0.3 is 12.0 Å². The first-order chi connectivity index (χ1) is 17.3. The van der Waals surface area contributed by atoms with Gasteiger partial charge in [-0.3, -0.25) is 10.1 Å². The van der Waals surface area contributed by atoms with Gasteiger partial charge in [0.1, 0.15) is 0 Å². The first-order valence-electron chi connectivity index (χ1n) is 11.5. The second-order valence-electron chi connectivity index (χ2n) is 8.37. The van der Waals surface area contributed by atoms with Crippen molar-refractivity contribution < 1.29 is 28.6 Å². The van der Waals surface area contributed by atoms with E-state index < -0.39 is 24.0 Å². The van der Waals surface area contributed by atoms with Crippen molar-refractivity contribution in [3.8, 4) is 11.5 Å². The number of para-hydroxylation sites is 1. The number of ether oxygens (including phenoxy) is 3. The van der Waals surface area contributed by atoms with Crippen LogP contribution in [-0.4, -0.2) is 43.2 Å². The number of amides is 3.